The van der Waals surface area contributed by atoms with E-state index in [-0.39, 0.29) is 12.1 Å². The highest BCUT2D eigenvalue weighted by Crippen LogP contribution is 2.26. The Labute approximate surface area is 148 Å². The topological polar surface area (TPSA) is 58.1 Å². The maximum Gasteiger partial charge on any atom is 0.320 e. The Morgan fingerprint density at radius 3 is 2.80 bits per heavy atom. The SMILES string of the molecule is COc1cccc(CN2CCN3C(=O)N(C4CCOCC4)C[C@H]3C2)n1. The average molecular weight is 346 g/mol. The maximum absolute atomic E-state index is 12.8. The summed E-state index contributed by atoms with van der Waals surface area (Å²) in [5, 5.41) is 0. The molecule has 0 spiro atoms. The van der Waals surface area contributed by atoms with Crippen molar-refractivity contribution < 1.29 is 14.3 Å². The van der Waals surface area contributed by atoms with Crippen LogP contribution >= 0.6 is 0 Å². The van der Waals surface area contributed by atoms with Crippen LogP contribution in [0.25, 0.3) is 0 Å². The standard InChI is InChI=1S/C18H26N4O3/c1-24-17-4-2-3-14(19-17)11-20-7-8-21-16(12-20)13-22(18(21)23)15-5-9-25-10-6-15/h2-4,15-16H,5-13H2,1H3/t16-/m1/s1. The van der Waals surface area contributed by atoms with Gasteiger partial charge in [-0.15, -0.1) is 0 Å². The minimum Gasteiger partial charge on any atom is -0.481 e. The van der Waals surface area contributed by atoms with Gasteiger partial charge in [0.05, 0.1) is 18.8 Å². The van der Waals surface area contributed by atoms with Gasteiger partial charge < -0.3 is 19.3 Å². The third kappa shape index (κ3) is 3.43. The fraction of sp³-hybridized carbons (Fsp3) is 0.667. The van der Waals surface area contributed by atoms with Gasteiger partial charge in [0.25, 0.3) is 0 Å². The van der Waals surface area contributed by atoms with Crippen LogP contribution in [0.1, 0.15) is 18.5 Å². The molecule has 3 aliphatic heterocycles. The van der Waals surface area contributed by atoms with E-state index < -0.39 is 0 Å². The normalized spacial score (nSPS) is 25.3. The fourth-order valence-electron chi connectivity index (χ4n) is 4.13. The number of pyridine rings is 1. The third-order valence-corrected chi connectivity index (χ3v) is 5.47. The minimum atomic E-state index is 0.219. The lowest BCUT2D eigenvalue weighted by Crippen LogP contribution is -2.51. The van der Waals surface area contributed by atoms with Crippen LogP contribution in [0.3, 0.4) is 0 Å². The Morgan fingerprint density at radius 1 is 1.16 bits per heavy atom. The van der Waals surface area contributed by atoms with Crippen molar-refractivity contribution in [3.63, 3.8) is 0 Å². The van der Waals surface area contributed by atoms with E-state index in [0.717, 1.165) is 64.5 Å². The van der Waals surface area contributed by atoms with E-state index in [1.165, 1.54) is 0 Å². The molecule has 4 heterocycles. The number of carbonyl (C=O) groups excluding carboxylic acids is 1. The quantitative estimate of drug-likeness (QED) is 0.820. The third-order valence-electron chi connectivity index (χ3n) is 5.47. The van der Waals surface area contributed by atoms with E-state index in [2.05, 4.69) is 19.7 Å². The molecular weight excluding hydrogens is 320 g/mol. The van der Waals surface area contributed by atoms with Crippen molar-refractivity contribution in [3.05, 3.63) is 23.9 Å². The molecule has 3 saturated heterocycles. The summed E-state index contributed by atoms with van der Waals surface area (Å²) >= 11 is 0. The van der Waals surface area contributed by atoms with Crippen molar-refractivity contribution in [3.8, 4) is 5.88 Å². The van der Waals surface area contributed by atoms with Gasteiger partial charge in [-0.2, -0.15) is 0 Å². The van der Waals surface area contributed by atoms with E-state index in [0.29, 0.717) is 11.9 Å². The molecular formula is C18H26N4O3. The number of urea groups is 1. The van der Waals surface area contributed by atoms with Crippen LogP contribution < -0.4 is 4.74 Å². The molecule has 25 heavy (non-hydrogen) atoms. The van der Waals surface area contributed by atoms with Gasteiger partial charge in [0.2, 0.25) is 5.88 Å². The van der Waals surface area contributed by atoms with Crippen molar-refractivity contribution in [2.24, 2.45) is 0 Å². The second-order valence-corrected chi connectivity index (χ2v) is 7.03. The van der Waals surface area contributed by atoms with Crippen molar-refractivity contribution in [1.29, 1.82) is 0 Å². The van der Waals surface area contributed by atoms with E-state index in [1.807, 2.05) is 18.2 Å². The molecule has 7 heteroatoms. The van der Waals surface area contributed by atoms with E-state index in [1.54, 1.807) is 7.11 Å². The Balaban J connectivity index is 1.38. The summed E-state index contributed by atoms with van der Waals surface area (Å²) < 4.78 is 10.6. The molecule has 0 aromatic carbocycles. The largest absolute Gasteiger partial charge is 0.481 e. The Bertz CT molecular complexity index is 620. The summed E-state index contributed by atoms with van der Waals surface area (Å²) in [7, 11) is 1.64. The molecule has 1 aromatic rings. The van der Waals surface area contributed by atoms with Gasteiger partial charge in [0, 0.05) is 58.0 Å². The zero-order valence-electron chi connectivity index (χ0n) is 14.8. The van der Waals surface area contributed by atoms with E-state index >= 15 is 0 Å². The molecule has 0 unspecified atom stereocenters. The molecule has 1 atom stereocenters. The number of rotatable bonds is 4. The summed E-state index contributed by atoms with van der Waals surface area (Å²) in [6.45, 7) is 5.78. The molecule has 3 aliphatic rings. The summed E-state index contributed by atoms with van der Waals surface area (Å²) in [4.78, 5) is 23.8. The number of fused-ring (bicyclic) bond motifs is 1. The lowest BCUT2D eigenvalue weighted by atomic mass is 10.1. The highest BCUT2D eigenvalue weighted by Gasteiger charge is 2.43. The van der Waals surface area contributed by atoms with Crippen LogP contribution in [-0.2, 0) is 11.3 Å². The molecule has 0 saturated carbocycles. The number of nitrogens with zero attached hydrogens (tertiary/aromatic N) is 4. The predicted molar refractivity (Wildman–Crippen MR) is 92.5 cm³/mol. The van der Waals surface area contributed by atoms with E-state index in [4.69, 9.17) is 9.47 Å². The van der Waals surface area contributed by atoms with E-state index in [9.17, 15) is 4.79 Å². The zero-order chi connectivity index (χ0) is 17.2. The van der Waals surface area contributed by atoms with Crippen LogP contribution in [0.2, 0.25) is 0 Å². The molecule has 0 aliphatic carbocycles. The number of piperazine rings is 1. The Hall–Kier alpha value is -1.86. The summed E-state index contributed by atoms with van der Waals surface area (Å²) in [5.74, 6) is 0.651. The van der Waals surface area contributed by atoms with Crippen molar-refractivity contribution in [2.45, 2.75) is 31.5 Å². The van der Waals surface area contributed by atoms with Gasteiger partial charge in [-0.05, 0) is 18.9 Å². The molecule has 1 aromatic heterocycles. The van der Waals surface area contributed by atoms with Gasteiger partial charge in [0.1, 0.15) is 0 Å². The highest BCUT2D eigenvalue weighted by molar-refractivity contribution is 5.77. The molecule has 0 N–H and O–H groups in total. The van der Waals surface area contributed by atoms with Crippen LogP contribution in [0, 0.1) is 0 Å². The molecule has 4 rings (SSSR count). The second-order valence-electron chi connectivity index (χ2n) is 7.03. The van der Waals surface area contributed by atoms with Crippen LogP contribution in [-0.4, -0.2) is 84.3 Å². The van der Waals surface area contributed by atoms with Gasteiger partial charge in [-0.25, -0.2) is 9.78 Å². The number of methoxy groups -OCH3 is 1. The van der Waals surface area contributed by atoms with Gasteiger partial charge in [0.15, 0.2) is 0 Å². The number of amides is 2. The van der Waals surface area contributed by atoms with Crippen molar-refractivity contribution in [2.75, 3.05) is 46.5 Å². The number of ether oxygens (including phenoxy) is 2. The summed E-state index contributed by atoms with van der Waals surface area (Å²) in [5.41, 5.74) is 1.01. The molecule has 0 radical (unpaired) electrons. The first-order chi connectivity index (χ1) is 12.2. The monoisotopic (exact) mass is 346 g/mol. The van der Waals surface area contributed by atoms with Gasteiger partial charge in [-0.3, -0.25) is 4.90 Å². The van der Waals surface area contributed by atoms with Crippen LogP contribution in [0.5, 0.6) is 5.88 Å². The first kappa shape index (κ1) is 16.6. The molecule has 7 nitrogen and oxygen atoms in total. The first-order valence-electron chi connectivity index (χ1n) is 9.12. The van der Waals surface area contributed by atoms with Gasteiger partial charge >= 0.3 is 6.03 Å². The number of hydrogen-bond donors (Lipinski definition) is 0. The maximum atomic E-state index is 12.8. The highest BCUT2D eigenvalue weighted by atomic mass is 16.5. The lowest BCUT2D eigenvalue weighted by molar-refractivity contribution is 0.0504. The Morgan fingerprint density at radius 2 is 2.00 bits per heavy atom. The van der Waals surface area contributed by atoms with Crippen molar-refractivity contribution in [1.82, 2.24) is 19.7 Å². The molecule has 2 amide bonds. The predicted octanol–water partition coefficient (Wildman–Crippen LogP) is 1.19. The number of aromatic nitrogens is 1. The molecule has 136 valence electrons. The lowest BCUT2D eigenvalue weighted by Gasteiger charge is -2.36. The number of hydrogen-bond acceptors (Lipinski definition) is 5. The smallest absolute Gasteiger partial charge is 0.320 e. The van der Waals surface area contributed by atoms with Crippen molar-refractivity contribution >= 4 is 6.03 Å². The zero-order valence-corrected chi connectivity index (χ0v) is 14.8. The minimum absolute atomic E-state index is 0.219. The summed E-state index contributed by atoms with van der Waals surface area (Å²) in [6, 6.07) is 6.72. The van der Waals surface area contributed by atoms with Gasteiger partial charge in [-0.1, -0.05) is 6.07 Å². The van der Waals surface area contributed by atoms with Crippen LogP contribution in [0.4, 0.5) is 4.79 Å². The number of carbonyl (C=O) groups is 1. The molecule has 3 fully saturated rings. The first-order valence-corrected chi connectivity index (χ1v) is 9.12. The summed E-state index contributed by atoms with van der Waals surface area (Å²) in [6.07, 6.45) is 1.92. The van der Waals surface area contributed by atoms with Crippen LogP contribution in [0.15, 0.2) is 18.2 Å². The average Bonchev–Trinajstić information content (AvgIpc) is 2.99. The second kappa shape index (κ2) is 7.17. The fourth-order valence-corrected chi connectivity index (χ4v) is 4.13. The Kier molecular flexibility index (Phi) is 4.76. The molecule has 0 bridgehead atoms.